The molecule has 0 bridgehead atoms. The van der Waals surface area contributed by atoms with Gasteiger partial charge in [-0.15, -0.1) is 0 Å². The van der Waals surface area contributed by atoms with Gasteiger partial charge in [0, 0.05) is 63.1 Å². The van der Waals surface area contributed by atoms with E-state index in [4.69, 9.17) is 9.47 Å². The van der Waals surface area contributed by atoms with E-state index in [2.05, 4.69) is 0 Å². The SMILES string of the molecule is COCCCN1C(=O)c2cccc3c(CC(=O)C4CCN(S(=O)(=O)c5ccc6c(c5)CCO6)C4)ccc1c23. The van der Waals surface area contributed by atoms with Gasteiger partial charge in [-0.3, -0.25) is 9.59 Å². The molecule has 3 aromatic rings. The summed E-state index contributed by atoms with van der Waals surface area (Å²) in [5, 5.41) is 1.79. The topological polar surface area (TPSA) is 93.2 Å². The molecule has 3 aromatic carbocycles. The Bertz CT molecular complexity index is 1550. The van der Waals surface area contributed by atoms with Crippen molar-refractivity contribution in [3.63, 3.8) is 0 Å². The first-order chi connectivity index (χ1) is 18.4. The summed E-state index contributed by atoms with van der Waals surface area (Å²) < 4.78 is 38.7. The van der Waals surface area contributed by atoms with Crippen LogP contribution in [0.3, 0.4) is 0 Å². The number of sulfonamides is 1. The standard InChI is InChI=1S/C29H30N2O6S/c1-36-14-3-12-31-25-8-6-19(23-4-2-5-24(28(23)25)29(31)33)17-26(32)21-10-13-30(18-21)38(34,35)22-7-9-27-20(16-22)11-15-37-27/h2,4-9,16,21H,3,10-15,17-18H2,1H3. The predicted molar refractivity (Wildman–Crippen MR) is 143 cm³/mol. The molecule has 6 rings (SSSR count). The van der Waals surface area contributed by atoms with Crippen molar-refractivity contribution in [3.8, 4) is 5.75 Å². The summed E-state index contributed by atoms with van der Waals surface area (Å²) in [6.45, 7) is 2.21. The van der Waals surface area contributed by atoms with Gasteiger partial charge >= 0.3 is 0 Å². The number of benzene rings is 3. The molecule has 1 saturated heterocycles. The largest absolute Gasteiger partial charge is 0.493 e. The Morgan fingerprint density at radius 3 is 2.87 bits per heavy atom. The van der Waals surface area contributed by atoms with E-state index < -0.39 is 10.0 Å². The number of anilines is 1. The highest BCUT2D eigenvalue weighted by Crippen LogP contribution is 2.39. The van der Waals surface area contributed by atoms with Gasteiger partial charge in [0.15, 0.2) is 0 Å². The molecule has 3 aliphatic rings. The summed E-state index contributed by atoms with van der Waals surface area (Å²) in [6, 6.07) is 14.5. The minimum absolute atomic E-state index is 0.0204. The zero-order valence-corrected chi connectivity index (χ0v) is 22.1. The maximum Gasteiger partial charge on any atom is 0.258 e. The molecule has 1 atom stereocenters. The van der Waals surface area contributed by atoms with Gasteiger partial charge in [-0.25, -0.2) is 8.42 Å². The molecule has 3 heterocycles. The minimum atomic E-state index is -3.69. The molecule has 0 radical (unpaired) electrons. The summed E-state index contributed by atoms with van der Waals surface area (Å²) in [7, 11) is -2.04. The van der Waals surface area contributed by atoms with Crippen molar-refractivity contribution in [2.45, 2.75) is 30.6 Å². The van der Waals surface area contributed by atoms with Gasteiger partial charge in [0.2, 0.25) is 10.0 Å². The number of ketones is 1. The molecule has 0 spiro atoms. The van der Waals surface area contributed by atoms with Crippen molar-refractivity contribution in [1.82, 2.24) is 4.31 Å². The number of hydrogen-bond donors (Lipinski definition) is 0. The Balaban J connectivity index is 1.19. The van der Waals surface area contributed by atoms with E-state index in [-0.39, 0.29) is 35.5 Å². The number of rotatable bonds is 9. The fourth-order valence-corrected chi connectivity index (χ4v) is 7.41. The van der Waals surface area contributed by atoms with Crippen molar-refractivity contribution in [3.05, 3.63) is 65.2 Å². The van der Waals surface area contributed by atoms with Crippen LogP contribution in [0.1, 0.15) is 34.3 Å². The number of hydrogen-bond acceptors (Lipinski definition) is 6. The lowest BCUT2D eigenvalue weighted by Crippen LogP contribution is -2.30. The smallest absolute Gasteiger partial charge is 0.258 e. The Kier molecular flexibility index (Phi) is 6.45. The zero-order chi connectivity index (χ0) is 26.4. The van der Waals surface area contributed by atoms with Crippen LogP contribution in [0.2, 0.25) is 0 Å². The average molecular weight is 535 g/mol. The first-order valence-corrected chi connectivity index (χ1v) is 14.5. The highest BCUT2D eigenvalue weighted by molar-refractivity contribution is 7.89. The third kappa shape index (κ3) is 4.19. The third-order valence-electron chi connectivity index (χ3n) is 7.88. The fourth-order valence-electron chi connectivity index (χ4n) is 5.86. The Morgan fingerprint density at radius 1 is 1.16 bits per heavy atom. The highest BCUT2D eigenvalue weighted by Gasteiger charge is 2.37. The molecule has 1 amide bonds. The Morgan fingerprint density at radius 2 is 2.03 bits per heavy atom. The highest BCUT2D eigenvalue weighted by atomic mass is 32.2. The number of carbonyl (C=O) groups excluding carboxylic acids is 2. The summed E-state index contributed by atoms with van der Waals surface area (Å²) in [4.78, 5) is 28.5. The molecular weight excluding hydrogens is 504 g/mol. The zero-order valence-electron chi connectivity index (χ0n) is 21.3. The van der Waals surface area contributed by atoms with E-state index in [9.17, 15) is 18.0 Å². The Hall–Kier alpha value is -3.27. The van der Waals surface area contributed by atoms with Crippen LogP contribution in [-0.2, 0) is 32.4 Å². The van der Waals surface area contributed by atoms with E-state index in [1.165, 1.54) is 4.31 Å². The number of carbonyl (C=O) groups is 2. The third-order valence-corrected chi connectivity index (χ3v) is 9.74. The monoisotopic (exact) mass is 534 g/mol. The first-order valence-electron chi connectivity index (χ1n) is 13.0. The molecule has 1 fully saturated rings. The number of nitrogens with zero attached hydrogens (tertiary/aromatic N) is 2. The van der Waals surface area contributed by atoms with Crippen molar-refractivity contribution in [1.29, 1.82) is 0 Å². The second-order valence-corrected chi connectivity index (χ2v) is 12.1. The lowest BCUT2D eigenvalue weighted by molar-refractivity contribution is -0.121. The molecule has 8 nitrogen and oxygen atoms in total. The van der Waals surface area contributed by atoms with Crippen molar-refractivity contribution in [2.24, 2.45) is 5.92 Å². The molecule has 38 heavy (non-hydrogen) atoms. The maximum absolute atomic E-state index is 13.4. The van der Waals surface area contributed by atoms with Crippen molar-refractivity contribution in [2.75, 3.05) is 44.9 Å². The second kappa shape index (κ2) is 9.80. The van der Waals surface area contributed by atoms with Crippen LogP contribution in [0.4, 0.5) is 5.69 Å². The molecule has 0 N–H and O–H groups in total. The van der Waals surface area contributed by atoms with Gasteiger partial charge in [0.05, 0.1) is 17.2 Å². The number of Topliss-reactive ketones (excluding diaryl/α,β-unsaturated/α-hetero) is 1. The molecule has 0 saturated carbocycles. The number of fused-ring (bicyclic) bond motifs is 1. The average Bonchev–Trinajstić information content (AvgIpc) is 3.66. The van der Waals surface area contributed by atoms with Crippen LogP contribution < -0.4 is 9.64 Å². The molecule has 1 unspecified atom stereocenters. The molecular formula is C29H30N2O6S. The maximum atomic E-state index is 13.4. The summed E-state index contributed by atoms with van der Waals surface area (Å²) in [5.74, 6) is 0.369. The number of amides is 1. The van der Waals surface area contributed by atoms with Crippen molar-refractivity contribution >= 4 is 38.2 Å². The van der Waals surface area contributed by atoms with E-state index in [1.54, 1.807) is 30.2 Å². The van der Waals surface area contributed by atoms with Crippen LogP contribution in [0.15, 0.2) is 53.4 Å². The summed E-state index contributed by atoms with van der Waals surface area (Å²) in [5.41, 5.74) is 3.29. The van der Waals surface area contributed by atoms with E-state index in [0.717, 1.165) is 39.8 Å². The minimum Gasteiger partial charge on any atom is -0.493 e. The van der Waals surface area contributed by atoms with Crippen LogP contribution in [0.25, 0.3) is 10.8 Å². The van der Waals surface area contributed by atoms with Gasteiger partial charge in [-0.2, -0.15) is 4.31 Å². The molecule has 0 aromatic heterocycles. The normalized spacial score (nSPS) is 18.8. The van der Waals surface area contributed by atoms with Crippen LogP contribution in [0, 0.1) is 5.92 Å². The van der Waals surface area contributed by atoms with Crippen LogP contribution >= 0.6 is 0 Å². The Labute approximate surface area is 222 Å². The summed E-state index contributed by atoms with van der Waals surface area (Å²) in [6.07, 6.45) is 2.13. The second-order valence-electron chi connectivity index (χ2n) is 10.1. The van der Waals surface area contributed by atoms with E-state index >= 15 is 0 Å². The van der Waals surface area contributed by atoms with E-state index in [1.807, 2.05) is 30.3 Å². The van der Waals surface area contributed by atoms with Gasteiger partial charge in [0.1, 0.15) is 11.5 Å². The predicted octanol–water partition coefficient (Wildman–Crippen LogP) is 3.59. The quantitative estimate of drug-likeness (QED) is 0.390. The van der Waals surface area contributed by atoms with Gasteiger partial charge < -0.3 is 14.4 Å². The van der Waals surface area contributed by atoms with Crippen LogP contribution in [-0.4, -0.2) is 64.4 Å². The molecule has 3 aliphatic heterocycles. The van der Waals surface area contributed by atoms with Gasteiger partial charge in [-0.05, 0) is 59.7 Å². The number of methoxy groups -OCH3 is 1. The van der Waals surface area contributed by atoms with Gasteiger partial charge in [0.25, 0.3) is 5.91 Å². The van der Waals surface area contributed by atoms with Crippen LogP contribution in [0.5, 0.6) is 5.75 Å². The first kappa shape index (κ1) is 25.0. The molecule has 198 valence electrons. The van der Waals surface area contributed by atoms with Crippen molar-refractivity contribution < 1.29 is 27.5 Å². The lowest BCUT2D eigenvalue weighted by Gasteiger charge is -2.18. The molecule has 0 aliphatic carbocycles. The lowest BCUT2D eigenvalue weighted by atomic mass is 9.93. The van der Waals surface area contributed by atoms with E-state index in [0.29, 0.717) is 44.7 Å². The summed E-state index contributed by atoms with van der Waals surface area (Å²) >= 11 is 0. The molecule has 9 heteroatoms. The fraction of sp³-hybridized carbons (Fsp3) is 0.379. The number of ether oxygens (including phenoxy) is 2. The van der Waals surface area contributed by atoms with Gasteiger partial charge in [-0.1, -0.05) is 18.2 Å².